The number of carbonyl (C=O) groups excluding carboxylic acids is 4. The third kappa shape index (κ3) is 7.78. The smallest absolute Gasteiger partial charge is 0.303 e. The summed E-state index contributed by atoms with van der Waals surface area (Å²) in [6, 6.07) is 0. The summed E-state index contributed by atoms with van der Waals surface area (Å²) in [5.74, 6) is 0.433. The molecule has 0 N–H and O–H groups in total. The van der Waals surface area contributed by atoms with Crippen molar-refractivity contribution in [3.63, 3.8) is 0 Å². The number of carbonyl (C=O) groups is 4. The number of rotatable bonds is 8. The van der Waals surface area contributed by atoms with Gasteiger partial charge in [-0.1, -0.05) is 0 Å². The Kier molecular flexibility index (Phi) is 9.82. The number of hydrogen-bond donors (Lipinski definition) is 0. The van der Waals surface area contributed by atoms with Gasteiger partial charge in [0.15, 0.2) is 18.3 Å². The molecule has 1 rings (SSSR count). The van der Waals surface area contributed by atoms with Crippen molar-refractivity contribution < 1.29 is 42.9 Å². The van der Waals surface area contributed by atoms with Crippen molar-refractivity contribution in [1.29, 1.82) is 0 Å². The molecule has 0 aliphatic carbocycles. The fraction of sp³-hybridized carbons (Fsp3) is 0.667. The Morgan fingerprint density at radius 1 is 0.893 bits per heavy atom. The molecule has 156 valence electrons. The summed E-state index contributed by atoms with van der Waals surface area (Å²) in [5.41, 5.74) is -0.783. The minimum Gasteiger partial charge on any atom is -0.463 e. The highest BCUT2D eigenvalue weighted by atomic mass is 32.2. The average Bonchev–Trinajstić information content (AvgIpc) is 2.57. The maximum atomic E-state index is 11.7. The van der Waals surface area contributed by atoms with Gasteiger partial charge in [-0.15, -0.1) is 24.1 Å². The van der Waals surface area contributed by atoms with E-state index < -0.39 is 53.7 Å². The zero-order valence-electron chi connectivity index (χ0n) is 16.2. The minimum absolute atomic E-state index is 0.246. The molecule has 0 aromatic carbocycles. The van der Waals surface area contributed by atoms with Crippen LogP contribution in [-0.4, -0.2) is 66.1 Å². The van der Waals surface area contributed by atoms with Gasteiger partial charge in [-0.05, 0) is 0 Å². The topological polar surface area (TPSA) is 114 Å². The van der Waals surface area contributed by atoms with Crippen molar-refractivity contribution in [2.24, 2.45) is 0 Å². The fourth-order valence-electron chi connectivity index (χ4n) is 2.56. The minimum atomic E-state index is -1.15. The first-order valence-corrected chi connectivity index (χ1v) is 9.56. The molecule has 0 radical (unpaired) electrons. The van der Waals surface area contributed by atoms with Crippen LogP contribution in [0.4, 0.5) is 0 Å². The molecule has 0 amide bonds. The predicted octanol–water partition coefficient (Wildman–Crippen LogP) is 0.826. The lowest BCUT2D eigenvalue weighted by atomic mass is 9.99. The second-order valence-electron chi connectivity index (χ2n) is 5.89. The summed E-state index contributed by atoms with van der Waals surface area (Å²) >= 11 is 1.25. The van der Waals surface area contributed by atoms with E-state index in [1.165, 1.54) is 39.5 Å². The Balaban J connectivity index is 3.23. The first-order chi connectivity index (χ1) is 13.1. The SMILES string of the molecule is C#CCCS[C@@H]1O[C@H](COC(C)=O)[C@H](OC(C)=O)[C@H](OC(C)=O)[C@H]1OC(C)=O. The number of ether oxygens (including phenoxy) is 5. The van der Waals surface area contributed by atoms with Crippen LogP contribution >= 0.6 is 11.8 Å². The van der Waals surface area contributed by atoms with E-state index in [0.717, 1.165) is 0 Å². The molecular formula is C18H24O9S. The molecule has 1 fully saturated rings. The van der Waals surface area contributed by atoms with Gasteiger partial charge in [0.2, 0.25) is 0 Å². The van der Waals surface area contributed by atoms with Crippen molar-refractivity contribution in [1.82, 2.24) is 0 Å². The third-order valence-corrected chi connectivity index (χ3v) is 4.62. The highest BCUT2D eigenvalue weighted by Crippen LogP contribution is 2.34. The Morgan fingerprint density at radius 3 is 1.93 bits per heavy atom. The van der Waals surface area contributed by atoms with Crippen molar-refractivity contribution in [3.05, 3.63) is 0 Å². The van der Waals surface area contributed by atoms with Gasteiger partial charge < -0.3 is 23.7 Å². The Bertz CT molecular complexity index is 627. The Labute approximate surface area is 167 Å². The molecule has 0 saturated carbocycles. The van der Waals surface area contributed by atoms with E-state index in [0.29, 0.717) is 12.2 Å². The van der Waals surface area contributed by atoms with Gasteiger partial charge in [0.25, 0.3) is 0 Å². The Morgan fingerprint density at radius 2 is 1.43 bits per heavy atom. The first-order valence-electron chi connectivity index (χ1n) is 8.51. The van der Waals surface area contributed by atoms with Crippen molar-refractivity contribution in [3.8, 4) is 12.3 Å². The van der Waals surface area contributed by atoms with E-state index in [1.807, 2.05) is 0 Å². The molecule has 0 bridgehead atoms. The molecule has 1 heterocycles. The third-order valence-electron chi connectivity index (χ3n) is 3.48. The summed E-state index contributed by atoms with van der Waals surface area (Å²) in [6.45, 7) is 4.51. The lowest BCUT2D eigenvalue weighted by Crippen LogP contribution is -2.61. The zero-order chi connectivity index (χ0) is 21.3. The van der Waals surface area contributed by atoms with E-state index in [1.54, 1.807) is 0 Å². The molecule has 5 atom stereocenters. The quantitative estimate of drug-likeness (QED) is 0.244. The lowest BCUT2D eigenvalue weighted by Gasteiger charge is -2.44. The van der Waals surface area contributed by atoms with E-state index >= 15 is 0 Å². The van der Waals surface area contributed by atoms with E-state index in [9.17, 15) is 19.2 Å². The summed E-state index contributed by atoms with van der Waals surface area (Å²) in [6.07, 6.45) is 1.41. The van der Waals surface area contributed by atoms with Crippen LogP contribution in [0.3, 0.4) is 0 Å². The molecule has 0 spiro atoms. The largest absolute Gasteiger partial charge is 0.463 e. The lowest BCUT2D eigenvalue weighted by molar-refractivity contribution is -0.237. The van der Waals surface area contributed by atoms with Crippen molar-refractivity contribution >= 4 is 35.6 Å². The number of thioether (sulfide) groups is 1. The number of esters is 4. The molecule has 1 aliphatic rings. The predicted molar refractivity (Wildman–Crippen MR) is 97.9 cm³/mol. The molecule has 9 nitrogen and oxygen atoms in total. The van der Waals surface area contributed by atoms with Gasteiger partial charge in [-0.25, -0.2) is 0 Å². The van der Waals surface area contributed by atoms with Gasteiger partial charge in [0, 0.05) is 39.9 Å². The first kappa shape index (κ1) is 23.8. The number of terminal acetylenes is 1. The highest BCUT2D eigenvalue weighted by Gasteiger charge is 2.52. The van der Waals surface area contributed by atoms with Crippen LogP contribution in [0.2, 0.25) is 0 Å². The summed E-state index contributed by atoms with van der Waals surface area (Å²) in [4.78, 5) is 46.1. The molecule has 0 aromatic heterocycles. The second kappa shape index (κ2) is 11.6. The van der Waals surface area contributed by atoms with Gasteiger partial charge in [0.1, 0.15) is 18.1 Å². The van der Waals surface area contributed by atoms with E-state index in [4.69, 9.17) is 30.1 Å². The van der Waals surface area contributed by atoms with Crippen molar-refractivity contribution in [2.45, 2.75) is 64.0 Å². The molecule has 0 aromatic rings. The second-order valence-corrected chi connectivity index (χ2v) is 7.10. The molecule has 1 aliphatic heterocycles. The monoisotopic (exact) mass is 416 g/mol. The summed E-state index contributed by atoms with van der Waals surface area (Å²) < 4.78 is 26.8. The summed E-state index contributed by atoms with van der Waals surface area (Å²) in [5, 5.41) is 0. The summed E-state index contributed by atoms with van der Waals surface area (Å²) in [7, 11) is 0. The molecule has 10 heteroatoms. The van der Waals surface area contributed by atoms with Crippen LogP contribution in [0.25, 0.3) is 0 Å². The molecule has 28 heavy (non-hydrogen) atoms. The van der Waals surface area contributed by atoms with E-state index in [-0.39, 0.29) is 6.61 Å². The normalized spacial score (nSPS) is 26.5. The van der Waals surface area contributed by atoms with Crippen LogP contribution in [0.5, 0.6) is 0 Å². The van der Waals surface area contributed by atoms with Crippen LogP contribution in [-0.2, 0) is 42.9 Å². The van der Waals surface area contributed by atoms with Crippen LogP contribution in [0, 0.1) is 12.3 Å². The molecule has 1 saturated heterocycles. The fourth-order valence-corrected chi connectivity index (χ4v) is 3.65. The van der Waals surface area contributed by atoms with Gasteiger partial charge in [-0.2, -0.15) is 0 Å². The maximum absolute atomic E-state index is 11.7. The van der Waals surface area contributed by atoms with Crippen LogP contribution in [0.15, 0.2) is 0 Å². The molecular weight excluding hydrogens is 392 g/mol. The highest BCUT2D eigenvalue weighted by molar-refractivity contribution is 7.99. The molecule has 0 unspecified atom stereocenters. The van der Waals surface area contributed by atoms with Crippen molar-refractivity contribution in [2.75, 3.05) is 12.4 Å². The average molecular weight is 416 g/mol. The van der Waals surface area contributed by atoms with Crippen LogP contribution in [0.1, 0.15) is 34.1 Å². The maximum Gasteiger partial charge on any atom is 0.303 e. The van der Waals surface area contributed by atoms with Gasteiger partial charge in [0.05, 0.1) is 0 Å². The Hall–Kier alpha value is -2.25. The van der Waals surface area contributed by atoms with Gasteiger partial charge in [-0.3, -0.25) is 19.2 Å². The number of hydrogen-bond acceptors (Lipinski definition) is 10. The van der Waals surface area contributed by atoms with E-state index in [2.05, 4.69) is 5.92 Å². The standard InChI is InChI=1S/C18H24O9S/c1-6-7-8-28-18-17(26-13(5)22)16(25-12(4)21)15(24-11(3)20)14(27-18)9-23-10(2)19/h1,14-18H,7-9H2,2-5H3/t14-,15+,16+,17-,18+/m1/s1. The van der Waals surface area contributed by atoms with Crippen LogP contribution < -0.4 is 0 Å². The zero-order valence-corrected chi connectivity index (χ0v) is 17.0. The van der Waals surface area contributed by atoms with Gasteiger partial charge >= 0.3 is 23.9 Å².